The molecule has 0 aliphatic carbocycles. The number of hydrogen-bond donors (Lipinski definition) is 1. The molecule has 6 nitrogen and oxygen atoms in total. The van der Waals surface area contributed by atoms with Gasteiger partial charge in [-0.2, -0.15) is 5.10 Å². The quantitative estimate of drug-likeness (QED) is 0.874. The molecule has 0 fully saturated rings. The number of rotatable bonds is 6. The Balaban J connectivity index is 2.30. The van der Waals surface area contributed by atoms with Crippen molar-refractivity contribution in [3.63, 3.8) is 0 Å². The van der Waals surface area contributed by atoms with Gasteiger partial charge in [0.2, 0.25) is 10.0 Å². The summed E-state index contributed by atoms with van der Waals surface area (Å²) >= 11 is 6.00. The lowest BCUT2D eigenvalue weighted by atomic mass is 10.2. The minimum absolute atomic E-state index is 0.0962. The molecule has 2 rings (SSSR count). The second kappa shape index (κ2) is 6.68. The van der Waals surface area contributed by atoms with Crippen molar-refractivity contribution in [2.45, 2.75) is 24.3 Å². The molecule has 2 aromatic rings. The van der Waals surface area contributed by atoms with E-state index in [4.69, 9.17) is 16.3 Å². The molecular formula is C14H18ClN3O3S. The predicted molar refractivity (Wildman–Crippen MR) is 84.6 cm³/mol. The minimum Gasteiger partial charge on any atom is -0.495 e. The summed E-state index contributed by atoms with van der Waals surface area (Å²) < 4.78 is 34.4. The molecule has 1 unspecified atom stereocenters. The smallest absolute Gasteiger partial charge is 0.241 e. The van der Waals surface area contributed by atoms with E-state index in [1.54, 1.807) is 24.0 Å². The van der Waals surface area contributed by atoms with Gasteiger partial charge in [-0.3, -0.25) is 4.68 Å². The number of nitrogens with zero attached hydrogens (tertiary/aromatic N) is 2. The van der Waals surface area contributed by atoms with Crippen LogP contribution in [0.3, 0.4) is 0 Å². The number of methoxy groups -OCH3 is 1. The normalized spacial score (nSPS) is 13.1. The van der Waals surface area contributed by atoms with E-state index in [-0.39, 0.29) is 16.0 Å². The number of halogens is 1. The molecule has 1 atom stereocenters. The highest BCUT2D eigenvalue weighted by Crippen LogP contribution is 2.28. The summed E-state index contributed by atoms with van der Waals surface area (Å²) in [4.78, 5) is 0.0962. The van der Waals surface area contributed by atoms with E-state index in [0.717, 1.165) is 5.69 Å². The number of benzene rings is 1. The van der Waals surface area contributed by atoms with Crippen molar-refractivity contribution < 1.29 is 13.2 Å². The lowest BCUT2D eigenvalue weighted by molar-refractivity contribution is 0.414. The van der Waals surface area contributed by atoms with Crippen molar-refractivity contribution in [3.05, 3.63) is 41.2 Å². The average Bonchev–Trinajstić information content (AvgIpc) is 2.90. The van der Waals surface area contributed by atoms with Crippen LogP contribution in [0.25, 0.3) is 0 Å². The predicted octanol–water partition coefficient (Wildman–Crippen LogP) is 2.51. The van der Waals surface area contributed by atoms with E-state index in [2.05, 4.69) is 9.82 Å². The Kier molecular flexibility index (Phi) is 5.10. The van der Waals surface area contributed by atoms with Gasteiger partial charge in [-0.1, -0.05) is 18.5 Å². The average molecular weight is 344 g/mol. The zero-order valence-corrected chi connectivity index (χ0v) is 14.1. The summed E-state index contributed by atoms with van der Waals surface area (Å²) in [6, 6.07) is 5.79. The zero-order chi connectivity index (χ0) is 16.3. The summed E-state index contributed by atoms with van der Waals surface area (Å²) in [5.41, 5.74) is 0.797. The van der Waals surface area contributed by atoms with Crippen molar-refractivity contribution >= 4 is 21.6 Å². The molecule has 0 saturated carbocycles. The van der Waals surface area contributed by atoms with Crippen molar-refractivity contribution in [3.8, 4) is 5.75 Å². The number of hydrogen-bond acceptors (Lipinski definition) is 4. The van der Waals surface area contributed by atoms with E-state index in [1.807, 2.05) is 6.92 Å². The molecule has 0 radical (unpaired) electrons. The standard InChI is InChI=1S/C14H18ClN3O3S/c1-4-12(13-7-8-16-18(13)2)17-22(19,20)10-5-6-14(21-3)11(15)9-10/h5-9,12,17H,4H2,1-3H3. The van der Waals surface area contributed by atoms with Gasteiger partial charge in [-0.25, -0.2) is 13.1 Å². The van der Waals surface area contributed by atoms with Crippen molar-refractivity contribution in [1.82, 2.24) is 14.5 Å². The molecule has 120 valence electrons. The van der Waals surface area contributed by atoms with E-state index in [9.17, 15) is 8.42 Å². The van der Waals surface area contributed by atoms with Crippen LogP contribution in [0.15, 0.2) is 35.4 Å². The van der Waals surface area contributed by atoms with Crippen LogP contribution in [0.1, 0.15) is 25.1 Å². The van der Waals surface area contributed by atoms with Gasteiger partial charge in [0.05, 0.1) is 28.8 Å². The molecule has 22 heavy (non-hydrogen) atoms. The van der Waals surface area contributed by atoms with Gasteiger partial charge < -0.3 is 4.74 Å². The molecule has 0 aliphatic rings. The largest absolute Gasteiger partial charge is 0.495 e. The highest BCUT2D eigenvalue weighted by molar-refractivity contribution is 7.89. The lowest BCUT2D eigenvalue weighted by Gasteiger charge is -2.17. The topological polar surface area (TPSA) is 73.2 Å². The van der Waals surface area contributed by atoms with Gasteiger partial charge in [0.1, 0.15) is 5.75 Å². The first-order valence-corrected chi connectivity index (χ1v) is 8.59. The first-order chi connectivity index (χ1) is 10.4. The van der Waals surface area contributed by atoms with Gasteiger partial charge in [0.15, 0.2) is 0 Å². The number of aromatic nitrogens is 2. The molecule has 1 aromatic carbocycles. The van der Waals surface area contributed by atoms with E-state index >= 15 is 0 Å². The maximum absolute atomic E-state index is 12.5. The second-order valence-electron chi connectivity index (χ2n) is 4.76. The Hall–Kier alpha value is -1.57. The molecule has 0 saturated heterocycles. The number of ether oxygens (including phenoxy) is 1. The number of aryl methyl sites for hydroxylation is 1. The number of sulfonamides is 1. The highest BCUT2D eigenvalue weighted by atomic mass is 35.5. The Morgan fingerprint density at radius 3 is 2.64 bits per heavy atom. The van der Waals surface area contributed by atoms with Crippen LogP contribution in [0, 0.1) is 0 Å². The maximum atomic E-state index is 12.5. The minimum atomic E-state index is -3.69. The monoisotopic (exact) mass is 343 g/mol. The molecule has 0 bridgehead atoms. The van der Waals surface area contributed by atoms with Gasteiger partial charge >= 0.3 is 0 Å². The molecular weight excluding hydrogens is 326 g/mol. The fourth-order valence-corrected chi connectivity index (χ4v) is 3.79. The second-order valence-corrected chi connectivity index (χ2v) is 6.88. The third-order valence-corrected chi connectivity index (χ3v) is 5.12. The van der Waals surface area contributed by atoms with Crippen LogP contribution >= 0.6 is 11.6 Å². The first-order valence-electron chi connectivity index (χ1n) is 6.72. The molecule has 0 spiro atoms. The van der Waals surface area contributed by atoms with Crippen LogP contribution in [0.4, 0.5) is 0 Å². The van der Waals surface area contributed by atoms with E-state index in [0.29, 0.717) is 12.2 Å². The molecule has 1 N–H and O–H groups in total. The van der Waals surface area contributed by atoms with E-state index in [1.165, 1.54) is 25.3 Å². The van der Waals surface area contributed by atoms with E-state index < -0.39 is 10.0 Å². The SMILES string of the molecule is CCC(NS(=O)(=O)c1ccc(OC)c(Cl)c1)c1ccnn1C. The Morgan fingerprint density at radius 1 is 1.41 bits per heavy atom. The summed E-state index contributed by atoms with van der Waals surface area (Å²) in [5, 5.41) is 4.32. The molecule has 0 aliphatic heterocycles. The molecule has 1 heterocycles. The third-order valence-electron chi connectivity index (χ3n) is 3.36. The van der Waals surface area contributed by atoms with Crippen LogP contribution < -0.4 is 9.46 Å². The Bertz CT molecular complexity index is 758. The summed E-state index contributed by atoms with van der Waals surface area (Å²) in [7, 11) is -0.443. The van der Waals surface area contributed by atoms with Crippen LogP contribution in [-0.4, -0.2) is 25.3 Å². The molecule has 1 aromatic heterocycles. The first kappa shape index (κ1) is 16.8. The third kappa shape index (κ3) is 3.43. The van der Waals surface area contributed by atoms with Crippen molar-refractivity contribution in [2.75, 3.05) is 7.11 Å². The fourth-order valence-electron chi connectivity index (χ4n) is 2.15. The fraction of sp³-hybridized carbons (Fsp3) is 0.357. The molecule has 0 amide bonds. The van der Waals surface area contributed by atoms with Crippen molar-refractivity contribution in [1.29, 1.82) is 0 Å². The highest BCUT2D eigenvalue weighted by Gasteiger charge is 2.23. The van der Waals surface area contributed by atoms with Gasteiger partial charge in [0.25, 0.3) is 0 Å². The van der Waals surface area contributed by atoms with Crippen LogP contribution in [0.2, 0.25) is 5.02 Å². The van der Waals surface area contributed by atoms with Crippen molar-refractivity contribution in [2.24, 2.45) is 7.05 Å². The molecule has 8 heteroatoms. The number of nitrogens with one attached hydrogen (secondary N) is 1. The van der Waals surface area contributed by atoms with Gasteiger partial charge in [-0.15, -0.1) is 0 Å². The Morgan fingerprint density at radius 2 is 2.14 bits per heavy atom. The van der Waals surface area contributed by atoms with Gasteiger partial charge in [0, 0.05) is 13.2 Å². The summed E-state index contributed by atoms with van der Waals surface area (Å²) in [6.45, 7) is 1.90. The Labute approximate surface area is 135 Å². The van der Waals surface area contributed by atoms with Gasteiger partial charge in [-0.05, 0) is 30.7 Å². The summed E-state index contributed by atoms with van der Waals surface area (Å²) in [5.74, 6) is 0.430. The zero-order valence-electron chi connectivity index (χ0n) is 12.6. The van der Waals surface area contributed by atoms with Crippen LogP contribution in [-0.2, 0) is 17.1 Å². The lowest BCUT2D eigenvalue weighted by Crippen LogP contribution is -2.29. The van der Waals surface area contributed by atoms with Crippen LogP contribution in [0.5, 0.6) is 5.75 Å². The summed E-state index contributed by atoms with van der Waals surface area (Å²) in [6.07, 6.45) is 2.24. The maximum Gasteiger partial charge on any atom is 0.241 e.